The molecule has 7 heteroatoms. The summed E-state index contributed by atoms with van der Waals surface area (Å²) in [7, 11) is 0. The van der Waals surface area contributed by atoms with Crippen LogP contribution in [-0.2, 0) is 5.54 Å². The number of nitrogens with zero attached hydrogens (tertiary/aromatic N) is 5. The number of amides is 3. The fraction of sp³-hybridized carbons (Fsp3) is 0.750. The minimum atomic E-state index is -0.134. The van der Waals surface area contributed by atoms with Crippen molar-refractivity contribution in [2.24, 2.45) is 0 Å². The van der Waals surface area contributed by atoms with Crippen molar-refractivity contribution in [2.45, 2.75) is 58.9 Å². The number of aromatic nitrogens is 2. The van der Waals surface area contributed by atoms with E-state index < -0.39 is 0 Å². The second kappa shape index (κ2) is 7.52. The lowest BCUT2D eigenvalue weighted by atomic mass is 10.1. The van der Waals surface area contributed by atoms with Crippen molar-refractivity contribution >= 4 is 11.9 Å². The second-order valence-electron chi connectivity index (χ2n) is 8.55. The maximum absolute atomic E-state index is 13.0. The molecule has 0 atom stereocenters. The molecule has 0 spiro atoms. The van der Waals surface area contributed by atoms with Crippen LogP contribution in [0.25, 0.3) is 0 Å². The van der Waals surface area contributed by atoms with Crippen LogP contribution in [0.15, 0.2) is 6.07 Å². The molecule has 1 saturated carbocycles. The number of rotatable bonds is 4. The summed E-state index contributed by atoms with van der Waals surface area (Å²) < 4.78 is 2.03. The summed E-state index contributed by atoms with van der Waals surface area (Å²) in [6.45, 7) is 14.1. The zero-order valence-electron chi connectivity index (χ0n) is 17.4. The van der Waals surface area contributed by atoms with Gasteiger partial charge in [0.1, 0.15) is 0 Å². The minimum absolute atomic E-state index is 0.0187. The lowest BCUT2D eigenvalue weighted by molar-refractivity contribution is 0.0634. The van der Waals surface area contributed by atoms with E-state index in [-0.39, 0.29) is 17.5 Å². The Kier molecular flexibility index (Phi) is 5.49. The molecule has 7 nitrogen and oxygen atoms in total. The highest BCUT2D eigenvalue weighted by molar-refractivity contribution is 5.92. The highest BCUT2D eigenvalue weighted by atomic mass is 16.2. The monoisotopic (exact) mass is 375 g/mol. The van der Waals surface area contributed by atoms with E-state index in [1.165, 1.54) is 18.5 Å². The van der Waals surface area contributed by atoms with Gasteiger partial charge in [0.2, 0.25) is 0 Å². The average Bonchev–Trinajstić information content (AvgIpc) is 3.39. The van der Waals surface area contributed by atoms with Crippen LogP contribution in [0.4, 0.5) is 4.79 Å². The van der Waals surface area contributed by atoms with Gasteiger partial charge in [-0.05, 0) is 53.5 Å². The van der Waals surface area contributed by atoms with Crippen LogP contribution in [0, 0.1) is 0 Å². The molecule has 3 amide bonds. The Bertz CT molecular complexity index is 690. The summed E-state index contributed by atoms with van der Waals surface area (Å²) in [5, 5.41) is 4.66. The molecule has 0 unspecified atom stereocenters. The molecule has 1 saturated heterocycles. The quantitative estimate of drug-likeness (QED) is 0.813. The average molecular weight is 376 g/mol. The third-order valence-electron chi connectivity index (χ3n) is 5.46. The van der Waals surface area contributed by atoms with Gasteiger partial charge in [0.05, 0.1) is 5.54 Å². The van der Waals surface area contributed by atoms with Gasteiger partial charge in [0.15, 0.2) is 5.69 Å². The molecule has 2 aliphatic rings. The summed E-state index contributed by atoms with van der Waals surface area (Å²) in [6, 6.07) is 2.05. The predicted octanol–water partition coefficient (Wildman–Crippen LogP) is 2.74. The summed E-state index contributed by atoms with van der Waals surface area (Å²) >= 11 is 0. The fourth-order valence-corrected chi connectivity index (χ4v) is 3.66. The largest absolute Gasteiger partial charge is 0.334 e. The second-order valence-corrected chi connectivity index (χ2v) is 8.55. The number of piperazine rings is 1. The third-order valence-corrected chi connectivity index (χ3v) is 5.46. The van der Waals surface area contributed by atoms with Gasteiger partial charge in [-0.25, -0.2) is 4.79 Å². The fourth-order valence-electron chi connectivity index (χ4n) is 3.66. The molecule has 0 aromatic carbocycles. The van der Waals surface area contributed by atoms with E-state index in [0.29, 0.717) is 50.9 Å². The van der Waals surface area contributed by atoms with Crippen LogP contribution >= 0.6 is 0 Å². The van der Waals surface area contributed by atoms with Gasteiger partial charge in [0.25, 0.3) is 5.91 Å². The number of hydrogen-bond acceptors (Lipinski definition) is 3. The zero-order chi connectivity index (χ0) is 19.8. The molecule has 1 aliphatic heterocycles. The summed E-state index contributed by atoms with van der Waals surface area (Å²) in [5.41, 5.74) is 1.59. The zero-order valence-corrected chi connectivity index (χ0v) is 17.4. The maximum Gasteiger partial charge on any atom is 0.320 e. The third kappa shape index (κ3) is 4.12. The van der Waals surface area contributed by atoms with E-state index in [1.54, 1.807) is 0 Å². The Morgan fingerprint density at radius 3 is 2.11 bits per heavy atom. The van der Waals surface area contributed by atoms with Gasteiger partial charge < -0.3 is 14.7 Å². The molecular formula is C20H33N5O2. The molecule has 1 aromatic heterocycles. The van der Waals surface area contributed by atoms with E-state index in [9.17, 15) is 9.59 Å². The normalized spacial score (nSPS) is 18.0. The van der Waals surface area contributed by atoms with Crippen molar-refractivity contribution in [3.05, 3.63) is 17.5 Å². The predicted molar refractivity (Wildman–Crippen MR) is 105 cm³/mol. The van der Waals surface area contributed by atoms with E-state index in [4.69, 9.17) is 0 Å². The molecule has 27 heavy (non-hydrogen) atoms. The van der Waals surface area contributed by atoms with Crippen molar-refractivity contribution in [3.63, 3.8) is 0 Å². The lowest BCUT2D eigenvalue weighted by Crippen LogP contribution is -2.54. The van der Waals surface area contributed by atoms with Crippen LogP contribution in [0.3, 0.4) is 0 Å². The van der Waals surface area contributed by atoms with E-state index >= 15 is 0 Å². The Morgan fingerprint density at radius 2 is 1.63 bits per heavy atom. The highest BCUT2D eigenvalue weighted by Gasteiger charge is 2.34. The molecule has 3 rings (SSSR count). The molecule has 2 fully saturated rings. The molecule has 0 radical (unpaired) electrons. The van der Waals surface area contributed by atoms with E-state index in [2.05, 4.69) is 25.9 Å². The maximum atomic E-state index is 13.0. The Hall–Kier alpha value is -2.05. The topological polar surface area (TPSA) is 61.7 Å². The summed E-state index contributed by atoms with van der Waals surface area (Å²) in [5.74, 6) is 0.525. The number of carbonyl (C=O) groups excluding carboxylic acids is 2. The van der Waals surface area contributed by atoms with Gasteiger partial charge in [-0.3, -0.25) is 9.48 Å². The molecule has 1 aromatic rings. The first-order valence-electron chi connectivity index (χ1n) is 10.2. The van der Waals surface area contributed by atoms with E-state index in [0.717, 1.165) is 0 Å². The van der Waals surface area contributed by atoms with Gasteiger partial charge >= 0.3 is 6.03 Å². The van der Waals surface area contributed by atoms with Crippen LogP contribution in [-0.4, -0.2) is 75.7 Å². The van der Waals surface area contributed by atoms with E-state index in [1.807, 2.05) is 39.3 Å². The van der Waals surface area contributed by atoms with Crippen molar-refractivity contribution in [1.82, 2.24) is 24.5 Å². The number of urea groups is 1. The smallest absolute Gasteiger partial charge is 0.320 e. The van der Waals surface area contributed by atoms with Gasteiger partial charge in [-0.2, -0.15) is 5.10 Å². The summed E-state index contributed by atoms with van der Waals surface area (Å²) in [6.07, 6.45) is 2.36. The van der Waals surface area contributed by atoms with Crippen LogP contribution < -0.4 is 0 Å². The SMILES string of the molecule is CCN(CC)C(=O)N1CCN(C(=O)c2cc(C3CC3)n(C(C)(C)C)n2)CC1. The number of hydrogen-bond donors (Lipinski definition) is 0. The van der Waals surface area contributed by atoms with Gasteiger partial charge in [0, 0.05) is 50.9 Å². The van der Waals surface area contributed by atoms with Crippen LogP contribution in [0.1, 0.15) is 69.6 Å². The first-order valence-corrected chi connectivity index (χ1v) is 10.2. The molecule has 0 N–H and O–H groups in total. The standard InChI is InChI=1S/C20H33N5O2/c1-6-22(7-2)19(27)24-12-10-23(11-13-24)18(26)16-14-17(15-8-9-15)25(21-16)20(3,4)5/h14-15H,6-13H2,1-5H3. The van der Waals surface area contributed by atoms with Crippen molar-refractivity contribution in [1.29, 1.82) is 0 Å². The Labute approximate surface area is 162 Å². The molecule has 0 bridgehead atoms. The lowest BCUT2D eigenvalue weighted by Gasteiger charge is -2.36. The molecule has 2 heterocycles. The van der Waals surface area contributed by atoms with Gasteiger partial charge in [-0.15, -0.1) is 0 Å². The van der Waals surface area contributed by atoms with Crippen LogP contribution in [0.5, 0.6) is 0 Å². The number of carbonyl (C=O) groups is 2. The molecule has 150 valence electrons. The van der Waals surface area contributed by atoms with Crippen molar-refractivity contribution in [3.8, 4) is 0 Å². The summed E-state index contributed by atoms with van der Waals surface area (Å²) in [4.78, 5) is 31.0. The van der Waals surface area contributed by atoms with Crippen molar-refractivity contribution < 1.29 is 9.59 Å². The Morgan fingerprint density at radius 1 is 1.07 bits per heavy atom. The Balaban J connectivity index is 1.67. The first kappa shape index (κ1) is 19.7. The molecular weight excluding hydrogens is 342 g/mol. The van der Waals surface area contributed by atoms with Crippen LogP contribution in [0.2, 0.25) is 0 Å². The van der Waals surface area contributed by atoms with Crippen molar-refractivity contribution in [2.75, 3.05) is 39.3 Å². The molecule has 1 aliphatic carbocycles. The minimum Gasteiger partial charge on any atom is -0.334 e. The van der Waals surface area contributed by atoms with Gasteiger partial charge in [-0.1, -0.05) is 0 Å². The highest BCUT2D eigenvalue weighted by Crippen LogP contribution is 2.41. The first-order chi connectivity index (χ1) is 12.8.